The number of nitrogens with zero attached hydrogens (tertiary/aromatic N) is 4. The fourth-order valence-corrected chi connectivity index (χ4v) is 2.86. The Hall–Kier alpha value is -3.16. The van der Waals surface area contributed by atoms with Gasteiger partial charge in [-0.15, -0.1) is 5.10 Å². The SMILES string of the molecule is Cc1ccc(OCC(C)NC(=O)Cc2c(C)nc3nc(N)nn3c2C)cc1. The molecule has 27 heavy (non-hydrogen) atoms. The predicted molar refractivity (Wildman–Crippen MR) is 103 cm³/mol. The van der Waals surface area contributed by atoms with Crippen LogP contribution in [0.3, 0.4) is 0 Å². The predicted octanol–water partition coefficient (Wildman–Crippen LogP) is 1.76. The Bertz CT molecular complexity index is 964. The number of carbonyl (C=O) groups excluding carboxylic acids is 1. The van der Waals surface area contributed by atoms with E-state index < -0.39 is 0 Å². The first-order chi connectivity index (χ1) is 12.8. The van der Waals surface area contributed by atoms with E-state index in [1.165, 1.54) is 5.56 Å². The summed E-state index contributed by atoms with van der Waals surface area (Å²) in [5, 5.41) is 7.08. The lowest BCUT2D eigenvalue weighted by molar-refractivity contribution is -0.121. The van der Waals surface area contributed by atoms with Crippen LogP contribution in [-0.2, 0) is 11.2 Å². The number of hydrogen-bond acceptors (Lipinski definition) is 6. The number of carbonyl (C=O) groups is 1. The van der Waals surface area contributed by atoms with Crippen LogP contribution in [-0.4, -0.2) is 38.1 Å². The molecule has 3 aromatic rings. The molecule has 0 radical (unpaired) electrons. The first-order valence-corrected chi connectivity index (χ1v) is 8.80. The maximum Gasteiger partial charge on any atom is 0.254 e. The molecule has 0 aliphatic heterocycles. The number of rotatable bonds is 6. The maximum absolute atomic E-state index is 12.5. The molecule has 0 saturated carbocycles. The fourth-order valence-electron chi connectivity index (χ4n) is 2.86. The number of amides is 1. The van der Waals surface area contributed by atoms with Crippen LogP contribution in [0.2, 0.25) is 0 Å². The number of aryl methyl sites for hydroxylation is 3. The normalized spacial score (nSPS) is 12.1. The molecule has 0 aliphatic carbocycles. The van der Waals surface area contributed by atoms with Gasteiger partial charge in [-0.05, 0) is 39.8 Å². The molecule has 0 spiro atoms. The van der Waals surface area contributed by atoms with Crippen LogP contribution in [0.4, 0.5) is 5.95 Å². The van der Waals surface area contributed by atoms with Crippen molar-refractivity contribution in [2.45, 2.75) is 40.2 Å². The van der Waals surface area contributed by atoms with Crippen LogP contribution in [0.25, 0.3) is 5.78 Å². The minimum absolute atomic E-state index is 0.101. The minimum atomic E-state index is -0.127. The molecule has 8 heteroatoms. The number of nitrogens with two attached hydrogens (primary N) is 1. The summed E-state index contributed by atoms with van der Waals surface area (Å²) in [4.78, 5) is 20.9. The number of nitrogen functional groups attached to an aromatic ring is 1. The second-order valence-electron chi connectivity index (χ2n) is 6.71. The Labute approximate surface area is 157 Å². The van der Waals surface area contributed by atoms with Crippen LogP contribution in [0, 0.1) is 20.8 Å². The third kappa shape index (κ3) is 4.33. The van der Waals surface area contributed by atoms with Gasteiger partial charge in [0.05, 0.1) is 12.5 Å². The van der Waals surface area contributed by atoms with Gasteiger partial charge in [0.25, 0.3) is 5.78 Å². The van der Waals surface area contributed by atoms with Crippen molar-refractivity contribution in [1.82, 2.24) is 24.9 Å². The van der Waals surface area contributed by atoms with Crippen LogP contribution >= 0.6 is 0 Å². The van der Waals surface area contributed by atoms with E-state index in [2.05, 4.69) is 20.4 Å². The molecule has 1 unspecified atom stereocenters. The molecule has 2 heterocycles. The van der Waals surface area contributed by atoms with E-state index in [-0.39, 0.29) is 24.3 Å². The summed E-state index contributed by atoms with van der Waals surface area (Å²) in [6.07, 6.45) is 0.204. The van der Waals surface area contributed by atoms with Gasteiger partial charge in [-0.3, -0.25) is 4.79 Å². The highest BCUT2D eigenvalue weighted by molar-refractivity contribution is 5.79. The van der Waals surface area contributed by atoms with E-state index in [0.717, 1.165) is 22.7 Å². The highest BCUT2D eigenvalue weighted by Gasteiger charge is 2.16. The topological polar surface area (TPSA) is 107 Å². The highest BCUT2D eigenvalue weighted by atomic mass is 16.5. The molecule has 2 aromatic heterocycles. The van der Waals surface area contributed by atoms with Gasteiger partial charge >= 0.3 is 0 Å². The standard InChI is InChI=1S/C19H24N6O2/c1-11-5-7-15(8-6-11)27-10-12(2)21-17(26)9-16-13(3)22-19-23-18(20)24-25(19)14(16)4/h5-8,12H,9-10H2,1-4H3,(H2,20,24)(H,21,26). The molecule has 1 amide bonds. The summed E-state index contributed by atoms with van der Waals surface area (Å²) in [6.45, 7) is 8.05. The lowest BCUT2D eigenvalue weighted by Crippen LogP contribution is -2.38. The number of ether oxygens (including phenoxy) is 1. The number of anilines is 1. The maximum atomic E-state index is 12.5. The molecule has 8 nitrogen and oxygen atoms in total. The quantitative estimate of drug-likeness (QED) is 0.686. The van der Waals surface area contributed by atoms with E-state index in [0.29, 0.717) is 12.4 Å². The van der Waals surface area contributed by atoms with Crippen LogP contribution in [0.1, 0.15) is 29.4 Å². The largest absolute Gasteiger partial charge is 0.491 e. The van der Waals surface area contributed by atoms with Crippen molar-refractivity contribution in [1.29, 1.82) is 0 Å². The highest BCUT2D eigenvalue weighted by Crippen LogP contribution is 2.15. The van der Waals surface area contributed by atoms with Gasteiger partial charge in [-0.25, -0.2) is 4.98 Å². The Kier molecular flexibility index (Phi) is 5.25. The van der Waals surface area contributed by atoms with Gasteiger partial charge in [0, 0.05) is 17.0 Å². The molecule has 0 fully saturated rings. The summed E-state index contributed by atoms with van der Waals surface area (Å²) in [6, 6.07) is 7.69. The molecular formula is C19H24N6O2. The van der Waals surface area contributed by atoms with Crippen molar-refractivity contribution in [2.75, 3.05) is 12.3 Å². The summed E-state index contributed by atoms with van der Waals surface area (Å²) in [7, 11) is 0. The molecule has 3 rings (SSSR count). The lowest BCUT2D eigenvalue weighted by Gasteiger charge is -2.16. The van der Waals surface area contributed by atoms with E-state index in [4.69, 9.17) is 10.5 Å². The van der Waals surface area contributed by atoms with E-state index in [1.54, 1.807) is 4.52 Å². The molecule has 142 valence electrons. The number of aromatic nitrogens is 4. The first-order valence-electron chi connectivity index (χ1n) is 8.80. The monoisotopic (exact) mass is 368 g/mol. The Morgan fingerprint density at radius 1 is 1.22 bits per heavy atom. The Morgan fingerprint density at radius 2 is 1.93 bits per heavy atom. The summed E-state index contributed by atoms with van der Waals surface area (Å²) in [5.41, 5.74) is 9.18. The Balaban J connectivity index is 1.61. The van der Waals surface area contributed by atoms with Crippen molar-refractivity contribution in [3.63, 3.8) is 0 Å². The zero-order valence-electron chi connectivity index (χ0n) is 16.0. The zero-order valence-corrected chi connectivity index (χ0v) is 16.0. The van der Waals surface area contributed by atoms with E-state index >= 15 is 0 Å². The third-order valence-electron chi connectivity index (χ3n) is 4.33. The number of hydrogen-bond donors (Lipinski definition) is 2. The van der Waals surface area contributed by atoms with Crippen LogP contribution in [0.5, 0.6) is 5.75 Å². The van der Waals surface area contributed by atoms with Crippen LogP contribution < -0.4 is 15.8 Å². The smallest absolute Gasteiger partial charge is 0.254 e. The van der Waals surface area contributed by atoms with Gasteiger partial charge in [-0.1, -0.05) is 17.7 Å². The summed E-state index contributed by atoms with van der Waals surface area (Å²) >= 11 is 0. The molecule has 3 N–H and O–H groups in total. The fraction of sp³-hybridized carbons (Fsp3) is 0.368. The van der Waals surface area contributed by atoms with Gasteiger partial charge in [0.15, 0.2) is 0 Å². The number of fused-ring (bicyclic) bond motifs is 1. The average Bonchev–Trinajstić information content (AvgIpc) is 2.98. The van der Waals surface area contributed by atoms with Gasteiger partial charge in [0.2, 0.25) is 11.9 Å². The molecular weight excluding hydrogens is 344 g/mol. The van der Waals surface area contributed by atoms with Crippen molar-refractivity contribution < 1.29 is 9.53 Å². The Morgan fingerprint density at radius 3 is 2.63 bits per heavy atom. The first kappa shape index (κ1) is 18.6. The van der Waals surface area contributed by atoms with Crippen molar-refractivity contribution in [3.8, 4) is 5.75 Å². The molecule has 0 saturated heterocycles. The lowest BCUT2D eigenvalue weighted by atomic mass is 10.1. The molecule has 0 bridgehead atoms. The van der Waals surface area contributed by atoms with Gasteiger partial charge in [0.1, 0.15) is 12.4 Å². The number of benzene rings is 1. The second-order valence-corrected chi connectivity index (χ2v) is 6.71. The van der Waals surface area contributed by atoms with E-state index in [1.807, 2.05) is 52.0 Å². The van der Waals surface area contributed by atoms with Crippen molar-refractivity contribution >= 4 is 17.6 Å². The zero-order chi connectivity index (χ0) is 19.6. The molecule has 1 aromatic carbocycles. The molecule has 0 aliphatic rings. The van der Waals surface area contributed by atoms with Gasteiger partial charge in [-0.2, -0.15) is 9.50 Å². The van der Waals surface area contributed by atoms with Crippen molar-refractivity contribution in [2.24, 2.45) is 0 Å². The minimum Gasteiger partial charge on any atom is -0.491 e. The average molecular weight is 368 g/mol. The third-order valence-corrected chi connectivity index (χ3v) is 4.33. The van der Waals surface area contributed by atoms with Gasteiger partial charge < -0.3 is 15.8 Å². The molecule has 1 atom stereocenters. The van der Waals surface area contributed by atoms with Crippen LogP contribution in [0.15, 0.2) is 24.3 Å². The summed E-state index contributed by atoms with van der Waals surface area (Å²) in [5.74, 6) is 1.28. The second kappa shape index (κ2) is 7.61. The summed E-state index contributed by atoms with van der Waals surface area (Å²) < 4.78 is 7.28. The number of nitrogens with one attached hydrogen (secondary N) is 1. The van der Waals surface area contributed by atoms with E-state index in [9.17, 15) is 4.79 Å². The van der Waals surface area contributed by atoms with Crippen molar-refractivity contribution in [3.05, 3.63) is 46.8 Å².